The van der Waals surface area contributed by atoms with Crippen LogP contribution >= 0.6 is 0 Å². The van der Waals surface area contributed by atoms with Gasteiger partial charge in [0.2, 0.25) is 0 Å². The number of nitrogens with one attached hydrogen (secondary N) is 1. The quantitative estimate of drug-likeness (QED) is 0.542. The van der Waals surface area contributed by atoms with Gasteiger partial charge in [0.25, 0.3) is 0 Å². The Balaban J connectivity index is 1.93. The first-order valence-electron chi connectivity index (χ1n) is 7.92. The molecule has 0 amide bonds. The normalized spacial score (nSPS) is 18.4. The van der Waals surface area contributed by atoms with Crippen LogP contribution in [0.15, 0.2) is 0 Å². The Morgan fingerprint density at radius 2 is 1.41 bits per heavy atom. The highest BCUT2D eigenvalue weighted by Crippen LogP contribution is 2.37. The molecule has 0 atom stereocenters. The number of unbranched alkanes of at least 4 members (excludes halogenated alkanes) is 7. The summed E-state index contributed by atoms with van der Waals surface area (Å²) in [6.07, 6.45) is 13.0. The lowest BCUT2D eigenvalue weighted by atomic mass is 9.69. The van der Waals surface area contributed by atoms with Crippen LogP contribution in [0.5, 0.6) is 0 Å². The summed E-state index contributed by atoms with van der Waals surface area (Å²) in [4.78, 5) is 0. The molecule has 1 heteroatoms. The van der Waals surface area contributed by atoms with Gasteiger partial charge in [0.05, 0.1) is 0 Å². The molecule has 1 fully saturated rings. The average molecular weight is 239 g/mol. The van der Waals surface area contributed by atoms with Crippen LogP contribution in [0.4, 0.5) is 0 Å². The molecule has 0 aliphatic carbocycles. The summed E-state index contributed by atoms with van der Waals surface area (Å²) < 4.78 is 0. The van der Waals surface area contributed by atoms with Gasteiger partial charge in [0.1, 0.15) is 0 Å². The van der Waals surface area contributed by atoms with E-state index in [9.17, 15) is 0 Å². The van der Waals surface area contributed by atoms with Gasteiger partial charge >= 0.3 is 0 Å². The Kier molecular flexibility index (Phi) is 7.18. The summed E-state index contributed by atoms with van der Waals surface area (Å²) in [6.45, 7) is 9.61. The van der Waals surface area contributed by atoms with E-state index >= 15 is 0 Å². The number of rotatable bonds is 10. The zero-order valence-electron chi connectivity index (χ0n) is 12.4. The number of hydrogen-bond donors (Lipinski definition) is 1. The van der Waals surface area contributed by atoms with Gasteiger partial charge in [-0.05, 0) is 17.8 Å². The lowest BCUT2D eigenvalue weighted by molar-refractivity contribution is 0.0835. The highest BCUT2D eigenvalue weighted by Gasteiger charge is 2.38. The van der Waals surface area contributed by atoms with Crippen LogP contribution in [0.2, 0.25) is 0 Å². The topological polar surface area (TPSA) is 12.0 Å². The molecule has 0 spiro atoms. The van der Waals surface area contributed by atoms with Crippen molar-refractivity contribution in [1.29, 1.82) is 0 Å². The maximum Gasteiger partial charge on any atom is 0.00227 e. The summed E-state index contributed by atoms with van der Waals surface area (Å²) in [5.74, 6) is 0.855. The molecule has 0 aromatic rings. The molecule has 1 rings (SSSR count). The van der Waals surface area contributed by atoms with Crippen LogP contribution in [0.1, 0.15) is 78.6 Å². The first-order chi connectivity index (χ1) is 8.21. The van der Waals surface area contributed by atoms with E-state index in [-0.39, 0.29) is 0 Å². The maximum absolute atomic E-state index is 3.46. The van der Waals surface area contributed by atoms with Crippen molar-refractivity contribution < 1.29 is 0 Å². The summed E-state index contributed by atoms with van der Waals surface area (Å²) >= 11 is 0. The third-order valence-corrected chi connectivity index (χ3v) is 4.71. The molecule has 0 unspecified atom stereocenters. The van der Waals surface area contributed by atoms with Gasteiger partial charge in [-0.3, -0.25) is 0 Å². The lowest BCUT2D eigenvalue weighted by Gasteiger charge is -2.46. The van der Waals surface area contributed by atoms with Crippen molar-refractivity contribution in [3.8, 4) is 0 Å². The van der Waals surface area contributed by atoms with Crippen LogP contribution < -0.4 is 5.32 Å². The smallest absolute Gasteiger partial charge is 0.00227 e. The molecule has 102 valence electrons. The molecule has 0 aromatic heterocycles. The summed E-state index contributed by atoms with van der Waals surface area (Å²) in [6, 6.07) is 0. The van der Waals surface area contributed by atoms with E-state index in [2.05, 4.69) is 26.1 Å². The fourth-order valence-electron chi connectivity index (χ4n) is 2.93. The summed E-state index contributed by atoms with van der Waals surface area (Å²) in [7, 11) is 0. The monoisotopic (exact) mass is 239 g/mol. The minimum atomic E-state index is 0.655. The second-order valence-electron chi connectivity index (χ2n) is 6.35. The molecule has 1 heterocycles. The first-order valence-corrected chi connectivity index (χ1v) is 7.92. The van der Waals surface area contributed by atoms with Crippen molar-refractivity contribution in [3.05, 3.63) is 0 Å². The average Bonchev–Trinajstić information content (AvgIpc) is 2.24. The predicted molar refractivity (Wildman–Crippen MR) is 77.4 cm³/mol. The maximum atomic E-state index is 3.46. The van der Waals surface area contributed by atoms with Crippen molar-refractivity contribution in [2.75, 3.05) is 13.1 Å². The zero-order chi connectivity index (χ0) is 12.6. The van der Waals surface area contributed by atoms with Gasteiger partial charge in [-0.25, -0.2) is 0 Å². The third kappa shape index (κ3) is 4.99. The molecule has 1 aliphatic rings. The Morgan fingerprint density at radius 3 is 1.82 bits per heavy atom. The van der Waals surface area contributed by atoms with E-state index in [0.717, 1.165) is 5.92 Å². The number of hydrogen-bond acceptors (Lipinski definition) is 1. The van der Waals surface area contributed by atoms with Crippen LogP contribution in [0.25, 0.3) is 0 Å². The molecule has 0 radical (unpaired) electrons. The van der Waals surface area contributed by atoms with Crippen molar-refractivity contribution in [3.63, 3.8) is 0 Å². The first kappa shape index (κ1) is 15.0. The molecular weight excluding hydrogens is 206 g/mol. The van der Waals surface area contributed by atoms with Crippen LogP contribution in [0, 0.1) is 11.3 Å². The van der Waals surface area contributed by atoms with Crippen LogP contribution in [-0.2, 0) is 0 Å². The molecule has 1 nitrogen and oxygen atoms in total. The lowest BCUT2D eigenvalue weighted by Crippen LogP contribution is -2.56. The molecule has 17 heavy (non-hydrogen) atoms. The molecule has 1 saturated heterocycles. The van der Waals surface area contributed by atoms with E-state index in [1.165, 1.54) is 70.9 Å². The second-order valence-corrected chi connectivity index (χ2v) is 6.35. The zero-order valence-corrected chi connectivity index (χ0v) is 12.4. The minimum absolute atomic E-state index is 0.655. The van der Waals surface area contributed by atoms with Gasteiger partial charge < -0.3 is 5.32 Å². The molecular formula is C16H33N. The van der Waals surface area contributed by atoms with E-state index in [4.69, 9.17) is 0 Å². The van der Waals surface area contributed by atoms with Crippen LogP contribution in [0.3, 0.4) is 0 Å². The van der Waals surface area contributed by atoms with E-state index in [1.54, 1.807) is 0 Å². The SMILES string of the molecule is CCCCCCCCCCC1(C(C)C)CNC1. The van der Waals surface area contributed by atoms with Crippen molar-refractivity contribution in [1.82, 2.24) is 5.32 Å². The van der Waals surface area contributed by atoms with Crippen molar-refractivity contribution in [2.45, 2.75) is 78.6 Å². The minimum Gasteiger partial charge on any atom is -0.316 e. The second kappa shape index (κ2) is 8.13. The van der Waals surface area contributed by atoms with Gasteiger partial charge in [0, 0.05) is 13.1 Å². The fraction of sp³-hybridized carbons (Fsp3) is 1.00. The highest BCUT2D eigenvalue weighted by molar-refractivity contribution is 4.94. The Labute approximate surface area is 109 Å². The van der Waals surface area contributed by atoms with Crippen LogP contribution in [-0.4, -0.2) is 13.1 Å². The van der Waals surface area contributed by atoms with E-state index in [0.29, 0.717) is 5.41 Å². The molecule has 1 N–H and O–H groups in total. The molecule has 0 saturated carbocycles. The molecule has 0 bridgehead atoms. The molecule has 0 aromatic carbocycles. The van der Waals surface area contributed by atoms with Gasteiger partial charge in [-0.15, -0.1) is 0 Å². The van der Waals surface area contributed by atoms with E-state index in [1.807, 2.05) is 0 Å². The van der Waals surface area contributed by atoms with Gasteiger partial charge in [0.15, 0.2) is 0 Å². The predicted octanol–water partition coefficient (Wildman–Crippen LogP) is 4.76. The Hall–Kier alpha value is -0.0400. The van der Waals surface area contributed by atoms with Gasteiger partial charge in [-0.2, -0.15) is 0 Å². The van der Waals surface area contributed by atoms with Crippen molar-refractivity contribution >= 4 is 0 Å². The van der Waals surface area contributed by atoms with Gasteiger partial charge in [-0.1, -0.05) is 72.1 Å². The van der Waals surface area contributed by atoms with Crippen molar-refractivity contribution in [2.24, 2.45) is 11.3 Å². The fourth-order valence-corrected chi connectivity index (χ4v) is 2.93. The summed E-state index contributed by atoms with van der Waals surface area (Å²) in [5, 5.41) is 3.46. The Bertz CT molecular complexity index is 182. The highest BCUT2D eigenvalue weighted by atomic mass is 15.0. The van der Waals surface area contributed by atoms with E-state index < -0.39 is 0 Å². The Morgan fingerprint density at radius 1 is 0.882 bits per heavy atom. The summed E-state index contributed by atoms with van der Waals surface area (Å²) in [5.41, 5.74) is 0.655. The standard InChI is InChI=1S/C16H33N/c1-4-5-6-7-8-9-10-11-12-16(15(2)3)13-17-14-16/h15,17H,4-14H2,1-3H3. The largest absolute Gasteiger partial charge is 0.316 e. The third-order valence-electron chi connectivity index (χ3n) is 4.71. The molecule has 1 aliphatic heterocycles.